The molecule has 9 nitrogen and oxygen atoms in total. The van der Waals surface area contributed by atoms with E-state index in [2.05, 4.69) is 19.9 Å². The van der Waals surface area contributed by atoms with E-state index in [1.165, 1.54) is 6.33 Å². The lowest BCUT2D eigenvalue weighted by Gasteiger charge is -2.27. The van der Waals surface area contributed by atoms with E-state index < -0.39 is 0 Å². The fourth-order valence-electron chi connectivity index (χ4n) is 3.05. The number of fused-ring (bicyclic) bond motifs is 1. The number of nitrogens with zero attached hydrogens (tertiary/aromatic N) is 6. The van der Waals surface area contributed by atoms with Crippen molar-refractivity contribution in [3.63, 3.8) is 0 Å². The lowest BCUT2D eigenvalue weighted by molar-refractivity contribution is -0.135. The van der Waals surface area contributed by atoms with Gasteiger partial charge in [0, 0.05) is 26.2 Å². The molecule has 0 N–H and O–H groups in total. The Balaban J connectivity index is 1.57. The Bertz CT molecular complexity index is 721. The van der Waals surface area contributed by atoms with Gasteiger partial charge < -0.3 is 23.8 Å². The maximum absolute atomic E-state index is 12.4. The largest absolute Gasteiger partial charge is 0.378 e. The van der Waals surface area contributed by atoms with Crippen LogP contribution in [0.2, 0.25) is 0 Å². The van der Waals surface area contributed by atoms with Crippen molar-refractivity contribution >= 4 is 22.9 Å². The summed E-state index contributed by atoms with van der Waals surface area (Å²) in [6.07, 6.45) is 3.20. The van der Waals surface area contributed by atoms with Gasteiger partial charge in [-0.2, -0.15) is 0 Å². The predicted molar refractivity (Wildman–Crippen MR) is 85.8 cm³/mol. The van der Waals surface area contributed by atoms with Crippen LogP contribution in [-0.2, 0) is 20.8 Å². The second kappa shape index (κ2) is 6.70. The zero-order chi connectivity index (χ0) is 16.4. The molecule has 4 rings (SSSR count). The van der Waals surface area contributed by atoms with Gasteiger partial charge in [0.25, 0.3) is 0 Å². The first kappa shape index (κ1) is 15.3. The van der Waals surface area contributed by atoms with Crippen LogP contribution in [-0.4, -0.2) is 82.9 Å². The van der Waals surface area contributed by atoms with E-state index in [1.54, 1.807) is 10.9 Å². The third-order valence-electron chi connectivity index (χ3n) is 4.36. The highest BCUT2D eigenvalue weighted by Gasteiger charge is 2.21. The molecule has 2 aliphatic rings. The van der Waals surface area contributed by atoms with Crippen molar-refractivity contribution in [1.29, 1.82) is 0 Å². The molecule has 128 valence electrons. The summed E-state index contributed by atoms with van der Waals surface area (Å²) in [6, 6.07) is 0. The minimum Gasteiger partial charge on any atom is -0.378 e. The van der Waals surface area contributed by atoms with E-state index in [0.29, 0.717) is 45.2 Å². The highest BCUT2D eigenvalue weighted by Crippen LogP contribution is 2.22. The quantitative estimate of drug-likeness (QED) is 0.750. The van der Waals surface area contributed by atoms with Crippen molar-refractivity contribution in [3.8, 4) is 0 Å². The number of hydrogen-bond acceptors (Lipinski definition) is 7. The third-order valence-corrected chi connectivity index (χ3v) is 4.36. The first-order chi connectivity index (χ1) is 11.8. The Labute approximate surface area is 139 Å². The van der Waals surface area contributed by atoms with Crippen molar-refractivity contribution in [2.24, 2.45) is 0 Å². The van der Waals surface area contributed by atoms with Gasteiger partial charge in [-0.3, -0.25) is 4.79 Å². The molecule has 0 atom stereocenters. The zero-order valence-corrected chi connectivity index (χ0v) is 13.4. The van der Waals surface area contributed by atoms with Crippen LogP contribution in [0.15, 0.2) is 12.7 Å². The molecule has 24 heavy (non-hydrogen) atoms. The van der Waals surface area contributed by atoms with Gasteiger partial charge in [-0.25, -0.2) is 15.0 Å². The third kappa shape index (κ3) is 2.92. The maximum atomic E-state index is 12.4. The van der Waals surface area contributed by atoms with Crippen LogP contribution < -0.4 is 4.90 Å². The van der Waals surface area contributed by atoms with Gasteiger partial charge in [-0.1, -0.05) is 0 Å². The van der Waals surface area contributed by atoms with Gasteiger partial charge in [0.05, 0.1) is 32.8 Å². The number of carbonyl (C=O) groups is 1. The summed E-state index contributed by atoms with van der Waals surface area (Å²) in [5.74, 6) is 0.866. The normalized spacial score (nSPS) is 19.0. The van der Waals surface area contributed by atoms with Crippen LogP contribution in [0.3, 0.4) is 0 Å². The number of anilines is 1. The summed E-state index contributed by atoms with van der Waals surface area (Å²) in [5, 5.41) is 0. The number of ether oxygens (including phenoxy) is 2. The standard InChI is InChI=1S/C15H20N6O3/c22-12(19-1-5-23-6-2-19)9-21-11-18-13-14(16-10-17-15(13)21)20-3-7-24-8-4-20/h10-11H,1-9H2. The van der Waals surface area contributed by atoms with Crippen molar-refractivity contribution in [2.45, 2.75) is 6.54 Å². The number of imidazole rings is 1. The summed E-state index contributed by atoms with van der Waals surface area (Å²) in [5.41, 5.74) is 1.42. The molecular weight excluding hydrogens is 312 g/mol. The Kier molecular flexibility index (Phi) is 4.26. The van der Waals surface area contributed by atoms with Crippen LogP contribution in [0.4, 0.5) is 5.82 Å². The molecule has 0 unspecified atom stereocenters. The summed E-state index contributed by atoms with van der Waals surface area (Å²) in [7, 11) is 0. The average Bonchev–Trinajstić information content (AvgIpc) is 3.06. The van der Waals surface area contributed by atoms with Crippen molar-refractivity contribution in [2.75, 3.05) is 57.5 Å². The first-order valence-corrected chi connectivity index (χ1v) is 8.17. The van der Waals surface area contributed by atoms with E-state index in [-0.39, 0.29) is 12.5 Å². The SMILES string of the molecule is O=C(Cn1cnc2c(N3CCOCC3)ncnc21)N1CCOCC1. The Hall–Kier alpha value is -2.26. The summed E-state index contributed by atoms with van der Waals surface area (Å²) < 4.78 is 12.5. The van der Waals surface area contributed by atoms with Gasteiger partial charge in [-0.05, 0) is 0 Å². The van der Waals surface area contributed by atoms with E-state index >= 15 is 0 Å². The monoisotopic (exact) mass is 332 g/mol. The summed E-state index contributed by atoms with van der Waals surface area (Å²) in [4.78, 5) is 29.6. The van der Waals surface area contributed by atoms with Crippen LogP contribution in [0.1, 0.15) is 0 Å². The van der Waals surface area contributed by atoms with Crippen LogP contribution in [0.5, 0.6) is 0 Å². The number of aromatic nitrogens is 4. The van der Waals surface area contributed by atoms with Crippen LogP contribution in [0.25, 0.3) is 11.2 Å². The fourth-order valence-corrected chi connectivity index (χ4v) is 3.05. The van der Waals surface area contributed by atoms with Gasteiger partial charge in [-0.15, -0.1) is 0 Å². The minimum absolute atomic E-state index is 0.0594. The van der Waals surface area contributed by atoms with Gasteiger partial charge in [0.1, 0.15) is 12.9 Å². The van der Waals surface area contributed by atoms with Gasteiger partial charge >= 0.3 is 0 Å². The molecule has 2 fully saturated rings. The van der Waals surface area contributed by atoms with Gasteiger partial charge in [0.15, 0.2) is 17.0 Å². The predicted octanol–water partition coefficient (Wildman–Crippen LogP) is -0.478. The maximum Gasteiger partial charge on any atom is 0.242 e. The first-order valence-electron chi connectivity index (χ1n) is 8.17. The molecule has 0 radical (unpaired) electrons. The lowest BCUT2D eigenvalue weighted by atomic mass is 10.3. The zero-order valence-electron chi connectivity index (χ0n) is 13.4. The van der Waals surface area contributed by atoms with Crippen LogP contribution >= 0.6 is 0 Å². The van der Waals surface area contributed by atoms with E-state index in [1.807, 2.05) is 4.90 Å². The van der Waals surface area contributed by atoms with Crippen molar-refractivity contribution < 1.29 is 14.3 Å². The fraction of sp³-hybridized carbons (Fsp3) is 0.600. The molecule has 0 aliphatic carbocycles. The second-order valence-corrected chi connectivity index (χ2v) is 5.83. The molecule has 2 aromatic heterocycles. The molecular formula is C15H20N6O3. The van der Waals surface area contributed by atoms with E-state index in [9.17, 15) is 4.79 Å². The Morgan fingerprint density at radius 3 is 2.46 bits per heavy atom. The van der Waals surface area contributed by atoms with Crippen molar-refractivity contribution in [3.05, 3.63) is 12.7 Å². The number of morpholine rings is 2. The molecule has 0 bridgehead atoms. The molecule has 2 saturated heterocycles. The molecule has 1 amide bonds. The smallest absolute Gasteiger partial charge is 0.242 e. The lowest BCUT2D eigenvalue weighted by Crippen LogP contribution is -2.42. The molecule has 0 saturated carbocycles. The van der Waals surface area contributed by atoms with E-state index in [0.717, 1.165) is 24.4 Å². The highest BCUT2D eigenvalue weighted by molar-refractivity contribution is 5.85. The van der Waals surface area contributed by atoms with E-state index in [4.69, 9.17) is 9.47 Å². The molecule has 0 spiro atoms. The number of hydrogen-bond donors (Lipinski definition) is 0. The molecule has 2 aromatic rings. The van der Waals surface area contributed by atoms with Gasteiger partial charge in [0.2, 0.25) is 5.91 Å². The molecule has 4 heterocycles. The second-order valence-electron chi connectivity index (χ2n) is 5.83. The number of carbonyl (C=O) groups excluding carboxylic acids is 1. The minimum atomic E-state index is 0.0594. The number of amides is 1. The molecule has 0 aromatic carbocycles. The summed E-state index contributed by atoms with van der Waals surface area (Å²) >= 11 is 0. The highest BCUT2D eigenvalue weighted by atomic mass is 16.5. The summed E-state index contributed by atoms with van der Waals surface area (Å²) in [6.45, 7) is 5.63. The Morgan fingerprint density at radius 1 is 1.00 bits per heavy atom. The average molecular weight is 332 g/mol. The van der Waals surface area contributed by atoms with Crippen molar-refractivity contribution in [1.82, 2.24) is 24.4 Å². The van der Waals surface area contributed by atoms with Crippen LogP contribution in [0, 0.1) is 0 Å². The Morgan fingerprint density at radius 2 is 1.71 bits per heavy atom. The molecule has 2 aliphatic heterocycles. The number of rotatable bonds is 3. The molecule has 9 heteroatoms. The topological polar surface area (TPSA) is 85.6 Å².